The van der Waals surface area contributed by atoms with Crippen molar-refractivity contribution in [1.82, 2.24) is 9.79 Å². The van der Waals surface area contributed by atoms with Gasteiger partial charge in [-0.1, -0.05) is 35.9 Å². The van der Waals surface area contributed by atoms with E-state index in [0.717, 1.165) is 0 Å². The Morgan fingerprint density at radius 1 is 1.29 bits per heavy atom. The van der Waals surface area contributed by atoms with Crippen LogP contribution >= 0.6 is 11.6 Å². The Hall–Kier alpha value is -1.41. The molecule has 1 aromatic rings. The largest absolute Gasteiger partial charge is 0.286 e. The Morgan fingerprint density at radius 2 is 1.95 bits per heavy atom. The SMILES string of the molecule is O=C1C(NS(=O)(=O)Cc2ccc(Cl)cc2)CC=CCN1O. The van der Waals surface area contributed by atoms with Gasteiger partial charge in [-0.2, -0.15) is 0 Å². The third-order valence-corrected chi connectivity index (χ3v) is 4.57. The van der Waals surface area contributed by atoms with Crippen molar-refractivity contribution in [3.63, 3.8) is 0 Å². The highest BCUT2D eigenvalue weighted by Crippen LogP contribution is 2.13. The summed E-state index contributed by atoms with van der Waals surface area (Å²) < 4.78 is 26.5. The van der Waals surface area contributed by atoms with Gasteiger partial charge in [0.05, 0.1) is 12.3 Å². The maximum atomic E-state index is 12.1. The topological polar surface area (TPSA) is 86.7 Å². The molecule has 1 aliphatic rings. The molecule has 0 aromatic heterocycles. The summed E-state index contributed by atoms with van der Waals surface area (Å²) in [7, 11) is -3.71. The van der Waals surface area contributed by atoms with Crippen LogP contribution in [0.4, 0.5) is 0 Å². The fraction of sp³-hybridized carbons (Fsp3) is 0.308. The molecule has 1 aliphatic heterocycles. The minimum atomic E-state index is -3.71. The fourth-order valence-electron chi connectivity index (χ4n) is 1.93. The number of hydrogen-bond donors (Lipinski definition) is 2. The third kappa shape index (κ3) is 4.53. The van der Waals surface area contributed by atoms with E-state index in [4.69, 9.17) is 11.6 Å². The van der Waals surface area contributed by atoms with Gasteiger partial charge in [-0.05, 0) is 24.1 Å². The fourth-order valence-corrected chi connectivity index (χ4v) is 3.41. The molecule has 6 nitrogen and oxygen atoms in total. The van der Waals surface area contributed by atoms with Crippen molar-refractivity contribution in [2.45, 2.75) is 18.2 Å². The van der Waals surface area contributed by atoms with Gasteiger partial charge in [0.2, 0.25) is 10.0 Å². The van der Waals surface area contributed by atoms with E-state index in [1.165, 1.54) is 0 Å². The molecule has 1 unspecified atom stereocenters. The number of halogens is 1. The number of hydroxylamine groups is 2. The van der Waals surface area contributed by atoms with E-state index in [2.05, 4.69) is 4.72 Å². The van der Waals surface area contributed by atoms with Crippen LogP contribution in [0.25, 0.3) is 0 Å². The lowest BCUT2D eigenvalue weighted by Gasteiger charge is -2.19. The zero-order chi connectivity index (χ0) is 15.5. The van der Waals surface area contributed by atoms with Crippen LogP contribution in [0.3, 0.4) is 0 Å². The van der Waals surface area contributed by atoms with Gasteiger partial charge >= 0.3 is 0 Å². The highest BCUT2D eigenvalue weighted by Gasteiger charge is 2.28. The first-order chi connectivity index (χ1) is 9.87. The minimum absolute atomic E-state index is 0.0498. The van der Waals surface area contributed by atoms with Gasteiger partial charge < -0.3 is 0 Å². The molecular weight excluding hydrogens is 316 g/mol. The maximum absolute atomic E-state index is 12.1. The van der Waals surface area contributed by atoms with Gasteiger partial charge in [0.25, 0.3) is 5.91 Å². The van der Waals surface area contributed by atoms with Gasteiger partial charge in [-0.3, -0.25) is 10.0 Å². The normalized spacial score (nSPS) is 19.6. The molecule has 2 N–H and O–H groups in total. The standard InChI is InChI=1S/C13H15ClN2O4S/c14-11-6-4-10(5-7-11)9-21(19,20)15-12-3-1-2-8-16(18)13(12)17/h1-2,4-7,12,15,18H,3,8-9H2. The smallest absolute Gasteiger partial charge is 0.264 e. The summed E-state index contributed by atoms with van der Waals surface area (Å²) in [6.45, 7) is 0.0498. The Morgan fingerprint density at radius 3 is 2.62 bits per heavy atom. The lowest BCUT2D eigenvalue weighted by atomic mass is 10.2. The predicted octanol–water partition coefficient (Wildman–Crippen LogP) is 1.31. The second-order valence-electron chi connectivity index (χ2n) is 4.68. The third-order valence-electron chi connectivity index (χ3n) is 2.96. The maximum Gasteiger partial charge on any atom is 0.264 e. The highest BCUT2D eigenvalue weighted by atomic mass is 35.5. The molecule has 0 bridgehead atoms. The average Bonchev–Trinajstić information content (AvgIpc) is 2.56. The van der Waals surface area contributed by atoms with Crippen LogP contribution in [-0.4, -0.2) is 37.2 Å². The molecule has 1 heterocycles. The van der Waals surface area contributed by atoms with Crippen molar-refractivity contribution in [1.29, 1.82) is 0 Å². The number of nitrogens with zero attached hydrogens (tertiary/aromatic N) is 1. The van der Waals surface area contributed by atoms with Gasteiger partial charge in [0.1, 0.15) is 6.04 Å². The van der Waals surface area contributed by atoms with Crippen molar-refractivity contribution in [2.24, 2.45) is 0 Å². The molecule has 0 aliphatic carbocycles. The molecule has 0 saturated heterocycles. The molecule has 2 rings (SSSR count). The molecule has 1 aromatic carbocycles. The van der Waals surface area contributed by atoms with E-state index in [1.807, 2.05) is 0 Å². The molecule has 8 heteroatoms. The van der Waals surface area contributed by atoms with E-state index in [9.17, 15) is 18.4 Å². The van der Waals surface area contributed by atoms with Gasteiger partial charge in [-0.25, -0.2) is 18.2 Å². The average molecular weight is 331 g/mol. The summed E-state index contributed by atoms with van der Waals surface area (Å²) in [5.41, 5.74) is 0.560. The quantitative estimate of drug-likeness (QED) is 0.643. The Kier molecular flexibility index (Phi) is 5.00. The van der Waals surface area contributed by atoms with Crippen LogP contribution in [-0.2, 0) is 20.6 Å². The second kappa shape index (κ2) is 6.57. The summed E-state index contributed by atoms with van der Waals surface area (Å²) in [4.78, 5) is 11.8. The van der Waals surface area contributed by atoms with Gasteiger partial charge in [0, 0.05) is 5.02 Å². The molecule has 0 spiro atoms. The van der Waals surface area contributed by atoms with Crippen molar-refractivity contribution < 1.29 is 18.4 Å². The first kappa shape index (κ1) is 16.0. The number of nitrogens with one attached hydrogen (secondary N) is 1. The molecule has 21 heavy (non-hydrogen) atoms. The number of benzene rings is 1. The summed E-state index contributed by atoms with van der Waals surface area (Å²) in [5, 5.41) is 10.4. The number of amides is 1. The van der Waals surface area contributed by atoms with Crippen molar-refractivity contribution in [2.75, 3.05) is 6.54 Å². The Labute approximate surface area is 128 Å². The van der Waals surface area contributed by atoms with Crippen molar-refractivity contribution in [3.05, 3.63) is 47.0 Å². The van der Waals surface area contributed by atoms with Crippen molar-refractivity contribution >= 4 is 27.5 Å². The predicted molar refractivity (Wildman–Crippen MR) is 78.3 cm³/mol. The zero-order valence-electron chi connectivity index (χ0n) is 11.1. The summed E-state index contributed by atoms with van der Waals surface area (Å²) >= 11 is 5.74. The minimum Gasteiger partial charge on any atom is -0.286 e. The van der Waals surface area contributed by atoms with E-state index in [0.29, 0.717) is 15.6 Å². The lowest BCUT2D eigenvalue weighted by Crippen LogP contribution is -2.46. The molecule has 0 saturated carbocycles. The van der Waals surface area contributed by atoms with Gasteiger partial charge in [0.15, 0.2) is 0 Å². The Balaban J connectivity index is 2.07. The van der Waals surface area contributed by atoms with E-state index in [-0.39, 0.29) is 18.7 Å². The van der Waals surface area contributed by atoms with Crippen LogP contribution < -0.4 is 4.72 Å². The molecule has 114 valence electrons. The summed E-state index contributed by atoms with van der Waals surface area (Å²) in [6.07, 6.45) is 3.46. The highest BCUT2D eigenvalue weighted by molar-refractivity contribution is 7.88. The Bertz CT molecular complexity index is 643. The van der Waals surface area contributed by atoms with Crippen LogP contribution in [0.2, 0.25) is 5.02 Å². The first-order valence-electron chi connectivity index (χ1n) is 6.27. The summed E-state index contributed by atoms with van der Waals surface area (Å²) in [5.74, 6) is -0.928. The number of carbonyl (C=O) groups excluding carboxylic acids is 1. The number of rotatable bonds is 4. The number of sulfonamides is 1. The first-order valence-corrected chi connectivity index (χ1v) is 8.30. The van der Waals surface area contributed by atoms with Crippen LogP contribution in [0.5, 0.6) is 0 Å². The van der Waals surface area contributed by atoms with E-state index in [1.54, 1.807) is 36.4 Å². The lowest BCUT2D eigenvalue weighted by molar-refractivity contribution is -0.164. The second-order valence-corrected chi connectivity index (χ2v) is 6.87. The zero-order valence-corrected chi connectivity index (χ0v) is 12.6. The summed E-state index contributed by atoms with van der Waals surface area (Å²) in [6, 6.07) is 5.41. The molecular formula is C13H15ClN2O4S. The molecule has 1 amide bonds. The number of carbonyl (C=O) groups is 1. The molecule has 0 radical (unpaired) electrons. The van der Waals surface area contributed by atoms with Crippen LogP contribution in [0, 0.1) is 0 Å². The van der Waals surface area contributed by atoms with Crippen molar-refractivity contribution in [3.8, 4) is 0 Å². The monoisotopic (exact) mass is 330 g/mol. The number of hydrogen-bond acceptors (Lipinski definition) is 4. The van der Waals surface area contributed by atoms with E-state index < -0.39 is 22.0 Å². The van der Waals surface area contributed by atoms with Crippen LogP contribution in [0.1, 0.15) is 12.0 Å². The molecule has 0 fully saturated rings. The molecule has 1 atom stereocenters. The van der Waals surface area contributed by atoms with E-state index >= 15 is 0 Å². The van der Waals surface area contributed by atoms with Crippen LogP contribution in [0.15, 0.2) is 36.4 Å². The van der Waals surface area contributed by atoms with Gasteiger partial charge in [-0.15, -0.1) is 0 Å².